The fourth-order valence-corrected chi connectivity index (χ4v) is 1.46. The van der Waals surface area contributed by atoms with E-state index < -0.39 is 9.84 Å². The predicted octanol–water partition coefficient (Wildman–Crippen LogP) is 2.06. The molecule has 0 unspecified atom stereocenters. The molecule has 1 aromatic rings. The van der Waals surface area contributed by atoms with E-state index in [4.69, 9.17) is 11.6 Å². The van der Waals surface area contributed by atoms with Crippen LogP contribution in [0.4, 0.5) is 0 Å². The Kier molecular flexibility index (Phi) is 2.55. The Labute approximate surface area is 76.4 Å². The quantitative estimate of drug-likeness (QED) is 0.734. The predicted molar refractivity (Wildman–Crippen MR) is 47.7 cm³/mol. The second-order valence-corrected chi connectivity index (χ2v) is 4.39. The van der Waals surface area contributed by atoms with Gasteiger partial charge < -0.3 is 0 Å². The van der Waals surface area contributed by atoms with Crippen molar-refractivity contribution in [3.05, 3.63) is 41.3 Å². The van der Waals surface area contributed by atoms with Crippen molar-refractivity contribution in [3.63, 3.8) is 0 Å². The molecule has 1 aromatic carbocycles. The number of benzene rings is 1. The van der Waals surface area contributed by atoms with E-state index in [0.29, 0.717) is 5.02 Å². The zero-order valence-corrected chi connectivity index (χ0v) is 7.69. The molecular formula is C8H6ClO2S. The van der Waals surface area contributed by atoms with Crippen LogP contribution in [-0.2, 0) is 9.84 Å². The molecule has 0 heterocycles. The number of sulfone groups is 1. The van der Waals surface area contributed by atoms with E-state index in [1.807, 2.05) is 0 Å². The molecule has 0 aromatic heterocycles. The van der Waals surface area contributed by atoms with E-state index in [0.717, 1.165) is 5.41 Å². The van der Waals surface area contributed by atoms with E-state index in [2.05, 4.69) is 12.6 Å². The largest absolute Gasteiger partial charge is 0.219 e. The third kappa shape index (κ3) is 1.87. The fourth-order valence-electron chi connectivity index (χ4n) is 0.665. The first-order valence-corrected chi connectivity index (χ1v) is 5.03. The maximum Gasteiger partial charge on any atom is 0.199 e. The molecule has 0 fully saturated rings. The Morgan fingerprint density at radius 3 is 2.58 bits per heavy atom. The third-order valence-electron chi connectivity index (χ3n) is 1.29. The van der Waals surface area contributed by atoms with Crippen molar-refractivity contribution in [2.45, 2.75) is 4.90 Å². The van der Waals surface area contributed by atoms with E-state index >= 15 is 0 Å². The molecule has 63 valence electrons. The van der Waals surface area contributed by atoms with Gasteiger partial charge in [0.25, 0.3) is 0 Å². The van der Waals surface area contributed by atoms with Crippen molar-refractivity contribution < 1.29 is 8.42 Å². The Bertz CT molecular complexity index is 378. The summed E-state index contributed by atoms with van der Waals surface area (Å²) in [6.07, 6.45) is 0. The van der Waals surface area contributed by atoms with Crippen LogP contribution in [0, 0.1) is 6.07 Å². The molecule has 12 heavy (non-hydrogen) atoms. The lowest BCUT2D eigenvalue weighted by Crippen LogP contribution is -1.94. The van der Waals surface area contributed by atoms with E-state index in [9.17, 15) is 8.42 Å². The van der Waals surface area contributed by atoms with Gasteiger partial charge in [-0.25, -0.2) is 8.42 Å². The van der Waals surface area contributed by atoms with Crippen LogP contribution >= 0.6 is 11.6 Å². The van der Waals surface area contributed by atoms with Crippen molar-refractivity contribution in [1.29, 1.82) is 0 Å². The van der Waals surface area contributed by atoms with E-state index in [1.165, 1.54) is 18.2 Å². The number of rotatable bonds is 2. The number of hydrogen-bond donors (Lipinski definition) is 0. The molecule has 0 saturated carbocycles. The van der Waals surface area contributed by atoms with Crippen LogP contribution in [0.5, 0.6) is 0 Å². The molecule has 4 heteroatoms. The van der Waals surface area contributed by atoms with Crippen molar-refractivity contribution in [2.24, 2.45) is 0 Å². The molecule has 0 amide bonds. The first-order chi connectivity index (χ1) is 5.56. The molecule has 2 nitrogen and oxygen atoms in total. The minimum absolute atomic E-state index is 0.155. The maximum atomic E-state index is 11.1. The number of halogens is 1. The van der Waals surface area contributed by atoms with Crippen molar-refractivity contribution in [2.75, 3.05) is 0 Å². The van der Waals surface area contributed by atoms with Crippen LogP contribution in [0.25, 0.3) is 0 Å². The molecular weight excluding hydrogens is 196 g/mol. The zero-order valence-electron chi connectivity index (χ0n) is 6.12. The van der Waals surface area contributed by atoms with Crippen LogP contribution in [0.15, 0.2) is 35.1 Å². The van der Waals surface area contributed by atoms with Crippen LogP contribution in [-0.4, -0.2) is 8.42 Å². The summed E-state index contributed by atoms with van der Waals surface area (Å²) in [5.41, 5.74) is 0. The molecule has 0 saturated heterocycles. The molecule has 0 N–H and O–H groups in total. The van der Waals surface area contributed by atoms with Gasteiger partial charge in [-0.15, -0.1) is 0 Å². The molecule has 1 rings (SSSR count). The minimum Gasteiger partial charge on any atom is -0.219 e. The molecule has 0 aliphatic carbocycles. The normalized spacial score (nSPS) is 11.1. The van der Waals surface area contributed by atoms with Gasteiger partial charge in [0, 0.05) is 16.5 Å². The summed E-state index contributed by atoms with van der Waals surface area (Å²) in [5, 5.41) is 1.28. The average molecular weight is 202 g/mol. The third-order valence-corrected chi connectivity index (χ3v) is 2.88. The smallest absolute Gasteiger partial charge is 0.199 e. The zero-order chi connectivity index (χ0) is 9.19. The minimum atomic E-state index is -3.34. The fraction of sp³-hybridized carbons (Fsp3) is 0. The van der Waals surface area contributed by atoms with Crippen LogP contribution in [0.1, 0.15) is 0 Å². The Morgan fingerprint density at radius 1 is 1.50 bits per heavy atom. The van der Waals surface area contributed by atoms with E-state index in [1.54, 1.807) is 0 Å². The molecule has 0 atom stereocenters. The van der Waals surface area contributed by atoms with Gasteiger partial charge in [-0.3, -0.25) is 0 Å². The highest BCUT2D eigenvalue weighted by Crippen LogP contribution is 2.14. The van der Waals surface area contributed by atoms with Crippen molar-refractivity contribution in [3.8, 4) is 0 Å². The summed E-state index contributed by atoms with van der Waals surface area (Å²) in [5.74, 6) is 0. The molecule has 0 spiro atoms. The second kappa shape index (κ2) is 3.29. The van der Waals surface area contributed by atoms with Gasteiger partial charge in [-0.2, -0.15) is 0 Å². The van der Waals surface area contributed by atoms with Gasteiger partial charge >= 0.3 is 0 Å². The Hall–Kier alpha value is -0.800. The standard InChI is InChI=1S/C8H6ClO2S/c1-2-12(10,11)8-5-3-7(9)4-6-8/h2-3,5-6H,1H2. The summed E-state index contributed by atoms with van der Waals surface area (Å²) in [6, 6.07) is 6.78. The summed E-state index contributed by atoms with van der Waals surface area (Å²) in [4.78, 5) is 0.155. The SMILES string of the molecule is C=CS(=O)(=O)c1c[c]c(Cl)cc1. The van der Waals surface area contributed by atoms with Crippen molar-refractivity contribution in [1.82, 2.24) is 0 Å². The second-order valence-electron chi connectivity index (χ2n) is 2.08. The van der Waals surface area contributed by atoms with Crippen LogP contribution < -0.4 is 0 Å². The lowest BCUT2D eigenvalue weighted by atomic mass is 10.4. The van der Waals surface area contributed by atoms with Gasteiger partial charge in [-0.05, 0) is 18.2 Å². The Morgan fingerprint density at radius 2 is 2.17 bits per heavy atom. The summed E-state index contributed by atoms with van der Waals surface area (Å²) in [6.45, 7) is 3.20. The van der Waals surface area contributed by atoms with Crippen LogP contribution in [0.3, 0.4) is 0 Å². The van der Waals surface area contributed by atoms with E-state index in [-0.39, 0.29) is 4.90 Å². The first kappa shape index (κ1) is 9.29. The first-order valence-electron chi connectivity index (χ1n) is 3.11. The highest BCUT2D eigenvalue weighted by atomic mass is 35.5. The molecule has 1 radical (unpaired) electrons. The van der Waals surface area contributed by atoms with Gasteiger partial charge in [0.05, 0.1) is 4.90 Å². The average Bonchev–Trinajstić information content (AvgIpc) is 2.05. The topological polar surface area (TPSA) is 34.1 Å². The molecule has 0 bridgehead atoms. The molecule has 0 aliphatic heterocycles. The van der Waals surface area contributed by atoms with Gasteiger partial charge in [-0.1, -0.05) is 18.2 Å². The van der Waals surface area contributed by atoms with Crippen molar-refractivity contribution >= 4 is 21.4 Å². The maximum absolute atomic E-state index is 11.1. The highest BCUT2D eigenvalue weighted by molar-refractivity contribution is 7.94. The van der Waals surface area contributed by atoms with Gasteiger partial charge in [0.15, 0.2) is 9.84 Å². The summed E-state index contributed by atoms with van der Waals surface area (Å²) >= 11 is 5.53. The number of hydrogen-bond acceptors (Lipinski definition) is 2. The highest BCUT2D eigenvalue weighted by Gasteiger charge is 2.07. The van der Waals surface area contributed by atoms with Gasteiger partial charge in [0.1, 0.15) is 0 Å². The van der Waals surface area contributed by atoms with Crippen LogP contribution in [0.2, 0.25) is 5.02 Å². The Balaban J connectivity index is 3.23. The lowest BCUT2D eigenvalue weighted by molar-refractivity contribution is 0.604. The lowest BCUT2D eigenvalue weighted by Gasteiger charge is -1.96. The monoisotopic (exact) mass is 201 g/mol. The summed E-state index contributed by atoms with van der Waals surface area (Å²) in [7, 11) is -3.34. The molecule has 0 aliphatic rings. The van der Waals surface area contributed by atoms with Gasteiger partial charge in [0.2, 0.25) is 0 Å². The summed E-state index contributed by atoms with van der Waals surface area (Å²) < 4.78 is 22.3.